The van der Waals surface area contributed by atoms with E-state index in [1.165, 1.54) is 6.92 Å². The van der Waals surface area contributed by atoms with E-state index in [9.17, 15) is 19.5 Å². The van der Waals surface area contributed by atoms with Crippen molar-refractivity contribution < 1.29 is 19.5 Å². The predicted octanol–water partition coefficient (Wildman–Crippen LogP) is 3.60. The van der Waals surface area contributed by atoms with Crippen molar-refractivity contribution in [3.05, 3.63) is 47.5 Å². The first kappa shape index (κ1) is 29.4. The summed E-state index contributed by atoms with van der Waals surface area (Å²) in [6, 6.07) is 7.99. The third-order valence-corrected chi connectivity index (χ3v) is 6.43. The Hall–Kier alpha value is -2.67. The highest BCUT2D eigenvalue weighted by Gasteiger charge is 2.41. The van der Waals surface area contributed by atoms with Crippen LogP contribution < -0.4 is 10.6 Å². The van der Waals surface area contributed by atoms with Crippen molar-refractivity contribution >= 4 is 17.8 Å². The van der Waals surface area contributed by atoms with E-state index in [1.54, 1.807) is 25.1 Å². The number of carbonyl (C=O) groups excluding carboxylic acids is 2. The number of rotatable bonds is 10. The molecule has 1 unspecified atom stereocenters. The maximum Gasteiger partial charge on any atom is 0.331 e. The zero-order valence-corrected chi connectivity index (χ0v) is 22.4. The van der Waals surface area contributed by atoms with Crippen LogP contribution >= 0.6 is 0 Å². The molecule has 1 aromatic rings. The van der Waals surface area contributed by atoms with E-state index in [4.69, 9.17) is 0 Å². The van der Waals surface area contributed by atoms with Gasteiger partial charge < -0.3 is 20.6 Å². The van der Waals surface area contributed by atoms with Crippen LogP contribution in [-0.2, 0) is 19.8 Å². The van der Waals surface area contributed by atoms with Crippen LogP contribution in [0.15, 0.2) is 42.0 Å². The second-order valence-electron chi connectivity index (χ2n) is 11.0. The summed E-state index contributed by atoms with van der Waals surface area (Å²) in [5, 5.41) is 15.5. The summed E-state index contributed by atoms with van der Waals surface area (Å²) >= 11 is 0. The summed E-state index contributed by atoms with van der Waals surface area (Å²) < 4.78 is 0. The van der Waals surface area contributed by atoms with E-state index >= 15 is 0 Å². The molecule has 1 rings (SSSR count). The number of carboxylic acid groups (broad SMARTS) is 1. The minimum atomic E-state index is -1.02. The molecule has 3 N–H and O–H groups in total. The second kappa shape index (κ2) is 11.6. The predicted molar refractivity (Wildman–Crippen MR) is 136 cm³/mol. The molecule has 0 saturated heterocycles. The molecule has 0 heterocycles. The summed E-state index contributed by atoms with van der Waals surface area (Å²) in [7, 11) is 3.40. The third kappa shape index (κ3) is 7.16. The fourth-order valence-electron chi connectivity index (χ4n) is 4.16. The van der Waals surface area contributed by atoms with Crippen LogP contribution in [0.4, 0.5) is 0 Å². The van der Waals surface area contributed by atoms with Crippen LogP contribution in [0, 0.1) is 11.3 Å². The molecule has 2 amide bonds. The van der Waals surface area contributed by atoms with Crippen molar-refractivity contribution in [2.75, 3.05) is 14.1 Å². The van der Waals surface area contributed by atoms with Crippen molar-refractivity contribution in [3.63, 3.8) is 0 Å². The van der Waals surface area contributed by atoms with Gasteiger partial charge in [0.25, 0.3) is 0 Å². The van der Waals surface area contributed by atoms with Crippen molar-refractivity contribution in [1.29, 1.82) is 0 Å². The van der Waals surface area contributed by atoms with Gasteiger partial charge in [0.1, 0.15) is 6.04 Å². The largest absolute Gasteiger partial charge is 0.478 e. The molecule has 190 valence electrons. The number of nitrogens with one attached hydrogen (secondary N) is 2. The lowest BCUT2D eigenvalue weighted by Crippen LogP contribution is -2.61. The number of nitrogens with zero attached hydrogens (tertiary/aromatic N) is 1. The first-order valence-corrected chi connectivity index (χ1v) is 11.8. The lowest BCUT2D eigenvalue weighted by molar-refractivity contribution is -0.141. The minimum absolute atomic E-state index is 0.0124. The summed E-state index contributed by atoms with van der Waals surface area (Å²) in [4.78, 5) is 40.1. The molecule has 1 aromatic carbocycles. The first-order chi connectivity index (χ1) is 15.5. The standard InChI is InChI=1S/C27H43N3O4/c1-17(2)20(16-18(3)25(33)34)30(10)24(32)22(26(4,5)6)29-23(31)21(28-9)27(7,8)19-14-12-11-13-15-19/h11-17,20-22,28H,1-10H3,(H,29,31)(H,33,34)/b18-16+/t20?,21-,22-/m1/s1. The smallest absolute Gasteiger partial charge is 0.331 e. The maximum atomic E-state index is 13.7. The van der Waals surface area contributed by atoms with E-state index < -0.39 is 34.9 Å². The average Bonchev–Trinajstić information content (AvgIpc) is 2.74. The summed E-state index contributed by atoms with van der Waals surface area (Å²) in [6.07, 6.45) is 1.60. The highest BCUT2D eigenvalue weighted by atomic mass is 16.4. The third-order valence-electron chi connectivity index (χ3n) is 6.43. The van der Waals surface area contributed by atoms with Gasteiger partial charge in [-0.05, 0) is 30.9 Å². The van der Waals surface area contributed by atoms with Gasteiger partial charge in [0.05, 0.1) is 12.1 Å². The zero-order valence-electron chi connectivity index (χ0n) is 22.4. The Morgan fingerprint density at radius 1 is 1.00 bits per heavy atom. The van der Waals surface area contributed by atoms with Gasteiger partial charge in [0.15, 0.2) is 0 Å². The molecule has 0 aromatic heterocycles. The van der Waals surface area contributed by atoms with Crippen LogP contribution in [0.1, 0.15) is 61.0 Å². The number of hydrogen-bond acceptors (Lipinski definition) is 4. The van der Waals surface area contributed by atoms with Gasteiger partial charge in [-0.3, -0.25) is 9.59 Å². The van der Waals surface area contributed by atoms with E-state index in [2.05, 4.69) is 10.6 Å². The van der Waals surface area contributed by atoms with Gasteiger partial charge in [-0.15, -0.1) is 0 Å². The number of likely N-dealkylation sites (N-methyl/N-ethyl adjacent to an activating group) is 2. The Morgan fingerprint density at radius 3 is 1.94 bits per heavy atom. The topological polar surface area (TPSA) is 98.7 Å². The Bertz CT molecular complexity index is 885. The van der Waals surface area contributed by atoms with Crippen LogP contribution in [-0.4, -0.2) is 60.0 Å². The molecule has 34 heavy (non-hydrogen) atoms. The first-order valence-electron chi connectivity index (χ1n) is 11.8. The van der Waals surface area contributed by atoms with Gasteiger partial charge in [0, 0.05) is 18.0 Å². The van der Waals surface area contributed by atoms with Crippen molar-refractivity contribution in [2.24, 2.45) is 11.3 Å². The summed E-state index contributed by atoms with van der Waals surface area (Å²) in [5.74, 6) is -1.56. The molecule has 0 radical (unpaired) electrons. The Morgan fingerprint density at radius 2 is 1.53 bits per heavy atom. The molecular formula is C27H43N3O4. The minimum Gasteiger partial charge on any atom is -0.478 e. The molecule has 0 fully saturated rings. The normalized spacial score (nSPS) is 15.4. The molecule has 0 aliphatic carbocycles. The Labute approximate surface area is 205 Å². The van der Waals surface area contributed by atoms with Crippen LogP contribution in [0.2, 0.25) is 0 Å². The molecular weight excluding hydrogens is 430 g/mol. The summed E-state index contributed by atoms with van der Waals surface area (Å²) in [5.41, 5.74) is 0.0895. The number of aliphatic carboxylic acids is 1. The van der Waals surface area contributed by atoms with E-state index in [1.807, 2.05) is 78.8 Å². The lowest BCUT2D eigenvalue weighted by atomic mass is 9.76. The quantitative estimate of drug-likeness (QED) is 0.451. The Kier molecular flexibility index (Phi) is 10.1. The number of amides is 2. The fraction of sp³-hybridized carbons (Fsp3) is 0.593. The Balaban J connectivity index is 3.29. The van der Waals surface area contributed by atoms with Gasteiger partial charge >= 0.3 is 5.97 Å². The van der Waals surface area contributed by atoms with Gasteiger partial charge in [-0.25, -0.2) is 4.79 Å². The molecule has 0 aliphatic heterocycles. The van der Waals surface area contributed by atoms with Gasteiger partial charge in [-0.1, -0.05) is 84.9 Å². The number of carboxylic acids is 1. The van der Waals surface area contributed by atoms with Crippen LogP contribution in [0.5, 0.6) is 0 Å². The zero-order chi connectivity index (χ0) is 26.4. The fourth-order valence-corrected chi connectivity index (χ4v) is 4.16. The molecule has 0 spiro atoms. The maximum absolute atomic E-state index is 13.7. The monoisotopic (exact) mass is 473 g/mol. The molecule has 0 bridgehead atoms. The molecule has 7 nitrogen and oxygen atoms in total. The number of hydrogen-bond donors (Lipinski definition) is 3. The number of carbonyl (C=O) groups is 3. The van der Waals surface area contributed by atoms with Gasteiger partial charge in [-0.2, -0.15) is 0 Å². The van der Waals surface area contributed by atoms with Crippen LogP contribution in [0.25, 0.3) is 0 Å². The SMILES string of the molecule is CN[C@H](C(=O)N[C@H](C(=O)N(C)C(/C=C(\C)C(=O)O)C(C)C)C(C)(C)C)C(C)(C)c1ccccc1. The van der Waals surface area contributed by atoms with Crippen LogP contribution in [0.3, 0.4) is 0 Å². The highest BCUT2D eigenvalue weighted by molar-refractivity contribution is 5.91. The second-order valence-corrected chi connectivity index (χ2v) is 11.0. The molecule has 7 heteroatoms. The highest BCUT2D eigenvalue weighted by Crippen LogP contribution is 2.29. The molecule has 3 atom stereocenters. The van der Waals surface area contributed by atoms with Crippen molar-refractivity contribution in [1.82, 2.24) is 15.5 Å². The van der Waals surface area contributed by atoms with E-state index in [0.29, 0.717) is 0 Å². The van der Waals surface area contributed by atoms with Crippen molar-refractivity contribution in [2.45, 2.75) is 78.9 Å². The van der Waals surface area contributed by atoms with Gasteiger partial charge in [0.2, 0.25) is 11.8 Å². The molecule has 0 aliphatic rings. The van der Waals surface area contributed by atoms with E-state index in [-0.39, 0.29) is 23.3 Å². The average molecular weight is 474 g/mol. The van der Waals surface area contributed by atoms with Crippen molar-refractivity contribution in [3.8, 4) is 0 Å². The lowest BCUT2D eigenvalue weighted by Gasteiger charge is -2.39. The molecule has 0 saturated carbocycles. The number of benzene rings is 1. The summed E-state index contributed by atoms with van der Waals surface area (Å²) in [6.45, 7) is 15.1. The van der Waals surface area contributed by atoms with E-state index in [0.717, 1.165) is 5.56 Å².